The first kappa shape index (κ1) is 14.5. The molecule has 4 nitrogen and oxygen atoms in total. The number of hydrogen-bond acceptors (Lipinski definition) is 4. The minimum Gasteiger partial charge on any atom is -0.468 e. The molecule has 2 N–H and O–H groups in total. The van der Waals surface area contributed by atoms with Crippen LogP contribution in [-0.2, 0) is 9.53 Å². The summed E-state index contributed by atoms with van der Waals surface area (Å²) in [6.45, 7) is 7.80. The fourth-order valence-electron chi connectivity index (χ4n) is 1.97. The van der Waals surface area contributed by atoms with Crippen molar-refractivity contribution in [2.45, 2.75) is 51.6 Å². The van der Waals surface area contributed by atoms with E-state index in [9.17, 15) is 4.79 Å². The van der Waals surface area contributed by atoms with E-state index in [1.54, 1.807) is 6.92 Å². The molecule has 0 aromatic heterocycles. The van der Waals surface area contributed by atoms with Crippen LogP contribution in [0.3, 0.4) is 0 Å². The highest BCUT2D eigenvalue weighted by molar-refractivity contribution is 5.80. The average molecular weight is 242 g/mol. The van der Waals surface area contributed by atoms with Crippen molar-refractivity contribution < 1.29 is 9.53 Å². The third-order valence-electron chi connectivity index (χ3n) is 3.24. The van der Waals surface area contributed by atoms with Crippen molar-refractivity contribution in [2.75, 3.05) is 20.2 Å². The highest BCUT2D eigenvalue weighted by atomic mass is 16.5. The summed E-state index contributed by atoms with van der Waals surface area (Å²) in [4.78, 5) is 13.9. The van der Waals surface area contributed by atoms with Crippen LogP contribution in [0.1, 0.15) is 40.0 Å². The van der Waals surface area contributed by atoms with Crippen molar-refractivity contribution in [3.8, 4) is 0 Å². The fraction of sp³-hybridized carbons (Fsp3) is 0.923. The van der Waals surface area contributed by atoms with E-state index >= 15 is 0 Å². The summed E-state index contributed by atoms with van der Waals surface area (Å²) in [5.74, 6) is 0.353. The molecule has 1 aliphatic carbocycles. The van der Waals surface area contributed by atoms with Crippen LogP contribution in [0.4, 0.5) is 0 Å². The molecule has 17 heavy (non-hydrogen) atoms. The lowest BCUT2D eigenvalue weighted by molar-refractivity contribution is -0.147. The Hall–Kier alpha value is -0.610. The lowest BCUT2D eigenvalue weighted by atomic mass is 10.0. The first-order valence-corrected chi connectivity index (χ1v) is 6.48. The van der Waals surface area contributed by atoms with Crippen molar-refractivity contribution >= 4 is 5.97 Å². The standard InChI is InChI=1S/C13H26N2O2/c1-10(2)7-8-15(11-5-6-11)9-13(3,14)12(16)17-4/h10-11H,5-9,14H2,1-4H3. The van der Waals surface area contributed by atoms with E-state index in [1.165, 1.54) is 20.0 Å². The molecule has 1 saturated carbocycles. The Bertz CT molecular complexity index is 260. The Labute approximate surface area is 104 Å². The Balaban J connectivity index is 2.51. The molecule has 1 unspecified atom stereocenters. The minimum absolute atomic E-state index is 0.326. The molecule has 0 bridgehead atoms. The van der Waals surface area contributed by atoms with E-state index < -0.39 is 5.54 Å². The smallest absolute Gasteiger partial charge is 0.326 e. The maximum absolute atomic E-state index is 11.6. The second-order valence-corrected chi connectivity index (χ2v) is 5.79. The molecule has 0 saturated heterocycles. The van der Waals surface area contributed by atoms with Gasteiger partial charge >= 0.3 is 5.97 Å². The monoisotopic (exact) mass is 242 g/mol. The number of rotatable bonds is 7. The van der Waals surface area contributed by atoms with E-state index in [0.29, 0.717) is 18.5 Å². The van der Waals surface area contributed by atoms with Crippen molar-refractivity contribution in [3.63, 3.8) is 0 Å². The van der Waals surface area contributed by atoms with Crippen molar-refractivity contribution in [1.29, 1.82) is 0 Å². The van der Waals surface area contributed by atoms with Crippen LogP contribution in [0.25, 0.3) is 0 Å². The molecule has 0 aliphatic heterocycles. The fourth-order valence-corrected chi connectivity index (χ4v) is 1.97. The summed E-state index contributed by atoms with van der Waals surface area (Å²) in [5.41, 5.74) is 5.13. The lowest BCUT2D eigenvalue weighted by Gasteiger charge is -2.31. The molecule has 1 fully saturated rings. The van der Waals surface area contributed by atoms with Crippen LogP contribution >= 0.6 is 0 Å². The first-order chi connectivity index (χ1) is 7.86. The maximum atomic E-state index is 11.6. The van der Waals surface area contributed by atoms with Crippen molar-refractivity contribution in [1.82, 2.24) is 4.90 Å². The highest BCUT2D eigenvalue weighted by Crippen LogP contribution is 2.28. The van der Waals surface area contributed by atoms with E-state index in [4.69, 9.17) is 10.5 Å². The highest BCUT2D eigenvalue weighted by Gasteiger charge is 2.37. The van der Waals surface area contributed by atoms with Crippen LogP contribution < -0.4 is 5.73 Å². The quantitative estimate of drug-likeness (QED) is 0.685. The van der Waals surface area contributed by atoms with Gasteiger partial charge in [0.2, 0.25) is 0 Å². The molecule has 0 aromatic carbocycles. The molecule has 1 rings (SSSR count). The summed E-state index contributed by atoms with van der Waals surface area (Å²) in [5, 5.41) is 0. The van der Waals surface area contributed by atoms with E-state index in [1.807, 2.05) is 0 Å². The second kappa shape index (κ2) is 5.83. The maximum Gasteiger partial charge on any atom is 0.326 e. The zero-order valence-corrected chi connectivity index (χ0v) is 11.5. The number of ether oxygens (including phenoxy) is 1. The zero-order chi connectivity index (χ0) is 13.1. The number of hydrogen-bond donors (Lipinski definition) is 1. The largest absolute Gasteiger partial charge is 0.468 e. The lowest BCUT2D eigenvalue weighted by Crippen LogP contribution is -2.55. The minimum atomic E-state index is -0.895. The van der Waals surface area contributed by atoms with Gasteiger partial charge < -0.3 is 10.5 Å². The Morgan fingerprint density at radius 3 is 2.53 bits per heavy atom. The van der Waals surface area contributed by atoms with Crippen LogP contribution in [-0.4, -0.2) is 42.6 Å². The average Bonchev–Trinajstić information content (AvgIpc) is 3.06. The number of carbonyl (C=O) groups excluding carboxylic acids is 1. The van der Waals surface area contributed by atoms with Gasteiger partial charge in [0.25, 0.3) is 0 Å². The Kier molecular flexibility index (Phi) is 4.95. The molecule has 1 atom stereocenters. The van der Waals surface area contributed by atoms with Crippen LogP contribution in [0.2, 0.25) is 0 Å². The van der Waals surface area contributed by atoms with E-state index in [-0.39, 0.29) is 5.97 Å². The Morgan fingerprint density at radius 1 is 1.53 bits per heavy atom. The van der Waals surface area contributed by atoms with E-state index in [0.717, 1.165) is 13.0 Å². The third kappa shape index (κ3) is 4.64. The van der Waals surface area contributed by atoms with Crippen LogP contribution in [0, 0.1) is 5.92 Å². The normalized spacial score (nSPS) is 19.5. The van der Waals surface area contributed by atoms with Gasteiger partial charge in [-0.3, -0.25) is 9.69 Å². The summed E-state index contributed by atoms with van der Waals surface area (Å²) in [6.07, 6.45) is 3.61. The van der Waals surface area contributed by atoms with E-state index in [2.05, 4.69) is 18.7 Å². The molecule has 0 aromatic rings. The SMILES string of the molecule is COC(=O)C(C)(N)CN(CCC(C)C)C1CC1. The van der Waals surface area contributed by atoms with Gasteiger partial charge in [-0.2, -0.15) is 0 Å². The molecule has 0 amide bonds. The molecule has 0 radical (unpaired) electrons. The van der Waals surface area contributed by atoms with Gasteiger partial charge in [0, 0.05) is 12.6 Å². The number of carbonyl (C=O) groups is 1. The number of nitrogens with zero attached hydrogens (tertiary/aromatic N) is 1. The van der Waals surface area contributed by atoms with Gasteiger partial charge in [-0.25, -0.2) is 0 Å². The third-order valence-corrected chi connectivity index (χ3v) is 3.24. The number of nitrogens with two attached hydrogens (primary N) is 1. The molecule has 0 heterocycles. The number of esters is 1. The van der Waals surface area contributed by atoms with Gasteiger partial charge in [-0.1, -0.05) is 13.8 Å². The topological polar surface area (TPSA) is 55.6 Å². The van der Waals surface area contributed by atoms with Crippen LogP contribution in [0.5, 0.6) is 0 Å². The summed E-state index contributed by atoms with van der Waals surface area (Å²) in [6, 6.07) is 0.626. The van der Waals surface area contributed by atoms with Gasteiger partial charge in [-0.15, -0.1) is 0 Å². The molecule has 1 aliphatic rings. The molecule has 4 heteroatoms. The summed E-state index contributed by atoms with van der Waals surface area (Å²) < 4.78 is 4.75. The predicted molar refractivity (Wildman–Crippen MR) is 68.7 cm³/mol. The molecule has 100 valence electrons. The van der Waals surface area contributed by atoms with Gasteiger partial charge in [0.1, 0.15) is 5.54 Å². The number of methoxy groups -OCH3 is 1. The first-order valence-electron chi connectivity index (χ1n) is 6.48. The van der Waals surface area contributed by atoms with Gasteiger partial charge in [-0.05, 0) is 38.6 Å². The van der Waals surface area contributed by atoms with Crippen molar-refractivity contribution in [3.05, 3.63) is 0 Å². The van der Waals surface area contributed by atoms with Gasteiger partial charge in [0.15, 0.2) is 0 Å². The summed E-state index contributed by atoms with van der Waals surface area (Å²) >= 11 is 0. The van der Waals surface area contributed by atoms with Gasteiger partial charge in [0.05, 0.1) is 7.11 Å². The second-order valence-electron chi connectivity index (χ2n) is 5.79. The predicted octanol–water partition coefficient (Wildman–Crippen LogP) is 1.39. The Morgan fingerprint density at radius 2 is 2.12 bits per heavy atom. The summed E-state index contributed by atoms with van der Waals surface area (Å²) in [7, 11) is 1.39. The van der Waals surface area contributed by atoms with Crippen LogP contribution in [0.15, 0.2) is 0 Å². The zero-order valence-electron chi connectivity index (χ0n) is 11.5. The molecule has 0 spiro atoms. The molecular formula is C13H26N2O2. The molecular weight excluding hydrogens is 216 g/mol. The van der Waals surface area contributed by atoms with Crippen molar-refractivity contribution in [2.24, 2.45) is 11.7 Å².